The Morgan fingerprint density at radius 3 is 2.42 bits per heavy atom. The monoisotopic (exact) mass is 265 g/mol. The van der Waals surface area contributed by atoms with Gasteiger partial charge in [-0.25, -0.2) is 4.79 Å². The molecule has 0 saturated carbocycles. The van der Waals surface area contributed by atoms with Crippen LogP contribution in [0.15, 0.2) is 30.3 Å². The Labute approximate surface area is 115 Å². The Balaban J connectivity index is 2.55. The van der Waals surface area contributed by atoms with Crippen LogP contribution in [0.1, 0.15) is 33.3 Å². The highest BCUT2D eigenvalue weighted by atomic mass is 16.6. The number of amides is 1. The number of hydrogen-bond acceptors (Lipinski definition) is 3. The number of nitrogens with one attached hydrogen (secondary N) is 1. The van der Waals surface area contributed by atoms with Crippen molar-refractivity contribution in [3.05, 3.63) is 35.9 Å². The Bertz CT molecular complexity index is 384. The molecule has 0 radical (unpaired) electrons. The van der Waals surface area contributed by atoms with E-state index in [1.807, 2.05) is 58.0 Å². The van der Waals surface area contributed by atoms with Crippen LogP contribution in [0.4, 0.5) is 4.79 Å². The van der Waals surface area contributed by atoms with E-state index in [0.717, 1.165) is 5.56 Å². The Kier molecular flexibility index (Phi) is 5.83. The molecule has 0 aromatic heterocycles. The lowest BCUT2D eigenvalue weighted by molar-refractivity contribution is 0.0105. The van der Waals surface area contributed by atoms with Gasteiger partial charge in [-0.2, -0.15) is 0 Å². The number of alkyl carbamates (subject to hydrolysis) is 1. The van der Waals surface area contributed by atoms with Crippen molar-refractivity contribution in [2.24, 2.45) is 0 Å². The molecule has 1 aromatic carbocycles. The van der Waals surface area contributed by atoms with E-state index >= 15 is 0 Å². The zero-order valence-electron chi connectivity index (χ0n) is 12.1. The van der Waals surface area contributed by atoms with Crippen LogP contribution in [-0.4, -0.2) is 24.5 Å². The van der Waals surface area contributed by atoms with Gasteiger partial charge in [-0.3, -0.25) is 5.32 Å². The van der Waals surface area contributed by atoms with E-state index in [2.05, 4.69) is 5.32 Å². The maximum atomic E-state index is 11.7. The summed E-state index contributed by atoms with van der Waals surface area (Å²) >= 11 is 0. The van der Waals surface area contributed by atoms with Gasteiger partial charge < -0.3 is 9.47 Å². The third-order valence-corrected chi connectivity index (χ3v) is 2.31. The van der Waals surface area contributed by atoms with Crippen LogP contribution >= 0.6 is 0 Å². The lowest BCUT2D eigenvalue weighted by atomic mass is 10.1. The summed E-state index contributed by atoms with van der Waals surface area (Å²) in [5.74, 6) is 0. The van der Waals surface area contributed by atoms with Crippen molar-refractivity contribution in [1.82, 2.24) is 5.32 Å². The lowest BCUT2D eigenvalue weighted by Crippen LogP contribution is -2.41. The first-order chi connectivity index (χ1) is 8.90. The molecule has 0 aliphatic heterocycles. The Morgan fingerprint density at radius 2 is 1.89 bits per heavy atom. The molecule has 4 nitrogen and oxygen atoms in total. The maximum absolute atomic E-state index is 11.7. The van der Waals surface area contributed by atoms with Gasteiger partial charge in [0.1, 0.15) is 11.8 Å². The fraction of sp³-hybridized carbons (Fsp3) is 0.533. The third kappa shape index (κ3) is 6.82. The van der Waals surface area contributed by atoms with Gasteiger partial charge in [0.2, 0.25) is 0 Å². The first-order valence-corrected chi connectivity index (χ1v) is 6.56. The normalized spacial score (nSPS) is 12.8. The quantitative estimate of drug-likeness (QED) is 0.832. The van der Waals surface area contributed by atoms with Crippen molar-refractivity contribution in [2.75, 3.05) is 6.61 Å². The highest BCUT2D eigenvalue weighted by Gasteiger charge is 2.19. The van der Waals surface area contributed by atoms with Crippen LogP contribution in [0, 0.1) is 0 Å². The molecule has 19 heavy (non-hydrogen) atoms. The zero-order chi connectivity index (χ0) is 14.3. The van der Waals surface area contributed by atoms with Gasteiger partial charge in [-0.05, 0) is 33.3 Å². The minimum atomic E-state index is -0.506. The summed E-state index contributed by atoms with van der Waals surface area (Å²) in [5.41, 5.74) is 0.602. The van der Waals surface area contributed by atoms with Gasteiger partial charge in [0.05, 0.1) is 0 Å². The van der Waals surface area contributed by atoms with Gasteiger partial charge in [0, 0.05) is 13.0 Å². The average molecular weight is 265 g/mol. The van der Waals surface area contributed by atoms with E-state index in [9.17, 15) is 4.79 Å². The topological polar surface area (TPSA) is 47.6 Å². The summed E-state index contributed by atoms with van der Waals surface area (Å²) in [4.78, 5) is 11.7. The van der Waals surface area contributed by atoms with Crippen LogP contribution in [0.25, 0.3) is 0 Å². The van der Waals surface area contributed by atoms with E-state index in [0.29, 0.717) is 13.0 Å². The van der Waals surface area contributed by atoms with E-state index in [4.69, 9.17) is 9.47 Å². The number of carbonyl (C=O) groups excluding carboxylic acids is 1. The molecule has 1 rings (SSSR count). The molecule has 1 aromatic rings. The summed E-state index contributed by atoms with van der Waals surface area (Å²) in [6, 6.07) is 9.89. The van der Waals surface area contributed by atoms with E-state index < -0.39 is 11.7 Å². The van der Waals surface area contributed by atoms with E-state index in [1.54, 1.807) is 0 Å². The molecular weight excluding hydrogens is 242 g/mol. The summed E-state index contributed by atoms with van der Waals surface area (Å²) in [7, 11) is 0. The largest absolute Gasteiger partial charge is 0.444 e. The second-order valence-corrected chi connectivity index (χ2v) is 5.28. The second-order valence-electron chi connectivity index (χ2n) is 5.28. The van der Waals surface area contributed by atoms with Crippen molar-refractivity contribution in [1.29, 1.82) is 0 Å². The summed E-state index contributed by atoms with van der Waals surface area (Å²) < 4.78 is 10.7. The molecule has 0 saturated heterocycles. The number of rotatable bonds is 5. The van der Waals surface area contributed by atoms with Crippen LogP contribution in [0.5, 0.6) is 0 Å². The zero-order valence-corrected chi connectivity index (χ0v) is 12.1. The fourth-order valence-electron chi connectivity index (χ4n) is 1.62. The molecule has 1 amide bonds. The van der Waals surface area contributed by atoms with Crippen molar-refractivity contribution in [3.63, 3.8) is 0 Å². The molecule has 1 unspecified atom stereocenters. The Hall–Kier alpha value is -1.55. The third-order valence-electron chi connectivity index (χ3n) is 2.31. The molecule has 0 fully saturated rings. The van der Waals surface area contributed by atoms with Crippen LogP contribution in [-0.2, 0) is 15.9 Å². The molecule has 1 N–H and O–H groups in total. The molecule has 106 valence electrons. The van der Waals surface area contributed by atoms with Gasteiger partial charge in [0.15, 0.2) is 0 Å². The predicted octanol–water partition coefficient (Wildman–Crippen LogP) is 3.12. The van der Waals surface area contributed by atoms with Crippen molar-refractivity contribution in [2.45, 2.75) is 45.9 Å². The van der Waals surface area contributed by atoms with Crippen molar-refractivity contribution < 1.29 is 14.3 Å². The molecule has 0 bridgehead atoms. The van der Waals surface area contributed by atoms with Gasteiger partial charge in [-0.15, -0.1) is 0 Å². The minimum Gasteiger partial charge on any atom is -0.444 e. The molecule has 0 aliphatic carbocycles. The van der Waals surface area contributed by atoms with Crippen molar-refractivity contribution in [3.8, 4) is 0 Å². The summed E-state index contributed by atoms with van der Waals surface area (Å²) in [6.07, 6.45) is -0.211. The lowest BCUT2D eigenvalue weighted by Gasteiger charge is -2.23. The number of carbonyl (C=O) groups is 1. The van der Waals surface area contributed by atoms with E-state index in [1.165, 1.54) is 0 Å². The van der Waals surface area contributed by atoms with Gasteiger partial charge in [-0.1, -0.05) is 30.3 Å². The first kappa shape index (κ1) is 15.5. The van der Waals surface area contributed by atoms with Crippen molar-refractivity contribution >= 4 is 6.09 Å². The van der Waals surface area contributed by atoms with Gasteiger partial charge >= 0.3 is 6.09 Å². The fourth-order valence-corrected chi connectivity index (χ4v) is 1.62. The summed E-state index contributed by atoms with van der Waals surface area (Å²) in [5, 5.41) is 2.74. The highest BCUT2D eigenvalue weighted by Crippen LogP contribution is 2.09. The smallest absolute Gasteiger partial charge is 0.409 e. The van der Waals surface area contributed by atoms with Crippen LogP contribution in [0.2, 0.25) is 0 Å². The van der Waals surface area contributed by atoms with Crippen LogP contribution in [0.3, 0.4) is 0 Å². The number of ether oxygens (including phenoxy) is 2. The second kappa shape index (κ2) is 7.14. The summed E-state index contributed by atoms with van der Waals surface area (Å²) in [6.45, 7) is 7.93. The highest BCUT2D eigenvalue weighted by molar-refractivity contribution is 5.67. The molecule has 4 heteroatoms. The van der Waals surface area contributed by atoms with E-state index in [-0.39, 0.29) is 6.23 Å². The predicted molar refractivity (Wildman–Crippen MR) is 74.9 cm³/mol. The number of hydrogen-bond donors (Lipinski definition) is 1. The molecular formula is C15H23NO3. The minimum absolute atomic E-state index is 0.373. The van der Waals surface area contributed by atoms with Crippen LogP contribution < -0.4 is 5.32 Å². The number of benzene rings is 1. The molecule has 0 spiro atoms. The Morgan fingerprint density at radius 1 is 1.26 bits per heavy atom. The maximum Gasteiger partial charge on any atom is 0.409 e. The standard InChI is InChI=1S/C15H23NO3/c1-5-18-13(11-12-9-7-6-8-10-12)16-14(17)19-15(2,3)4/h6-10,13H,5,11H2,1-4H3,(H,16,17). The van der Waals surface area contributed by atoms with Gasteiger partial charge in [0.25, 0.3) is 0 Å². The molecule has 0 aliphatic rings. The molecule has 0 heterocycles. The first-order valence-electron chi connectivity index (χ1n) is 6.56. The average Bonchev–Trinajstić information content (AvgIpc) is 2.27. The SMILES string of the molecule is CCOC(Cc1ccccc1)NC(=O)OC(C)(C)C. The molecule has 1 atom stereocenters.